The molecule has 0 aromatic heterocycles. The van der Waals surface area contributed by atoms with Gasteiger partial charge in [0.2, 0.25) is 11.8 Å². The summed E-state index contributed by atoms with van der Waals surface area (Å²) in [6, 6.07) is 16.3. The number of ether oxygens (including phenoxy) is 1. The van der Waals surface area contributed by atoms with E-state index in [1.54, 1.807) is 0 Å². The first-order valence-electron chi connectivity index (χ1n) is 14.8. The smallest absolute Gasteiger partial charge is 0.326 e. The molecule has 1 saturated heterocycles. The monoisotopic (exact) mass is 515 g/mol. The number of unbranched alkanes of at least 4 members (excludes halogenated alkanes) is 10. The van der Waals surface area contributed by atoms with Gasteiger partial charge in [-0.1, -0.05) is 120 Å². The van der Waals surface area contributed by atoms with E-state index in [4.69, 9.17) is 4.74 Å². The molecule has 2 amide bonds. The average molecular weight is 516 g/mol. The Kier molecular flexibility index (Phi) is 8.61. The van der Waals surface area contributed by atoms with Crippen LogP contribution in [0.2, 0.25) is 0 Å². The minimum Gasteiger partial charge on any atom is -0.464 e. The van der Waals surface area contributed by atoms with E-state index in [0.29, 0.717) is 6.61 Å². The highest BCUT2D eigenvalue weighted by Gasteiger charge is 2.61. The van der Waals surface area contributed by atoms with E-state index >= 15 is 0 Å². The fourth-order valence-electron chi connectivity index (χ4n) is 7.02. The summed E-state index contributed by atoms with van der Waals surface area (Å²) in [5.74, 6) is -2.14. The van der Waals surface area contributed by atoms with Crippen LogP contribution in [0.15, 0.2) is 48.5 Å². The SMILES string of the molecule is CCCCCCCCCCCCCOC(=O)CN1C(=O)[C@@H]2C3c4ccccc4C(c4ccccc43)[C@H]2C1=O. The van der Waals surface area contributed by atoms with Crippen molar-refractivity contribution in [1.29, 1.82) is 0 Å². The van der Waals surface area contributed by atoms with Gasteiger partial charge in [-0.15, -0.1) is 0 Å². The van der Waals surface area contributed by atoms with Gasteiger partial charge in [-0.3, -0.25) is 19.3 Å². The molecule has 3 aliphatic carbocycles. The van der Waals surface area contributed by atoms with E-state index < -0.39 is 17.8 Å². The van der Waals surface area contributed by atoms with Gasteiger partial charge in [0, 0.05) is 11.8 Å². The maximum absolute atomic E-state index is 13.6. The molecule has 2 aromatic carbocycles. The zero-order chi connectivity index (χ0) is 26.5. The van der Waals surface area contributed by atoms with Crippen LogP contribution in [0.4, 0.5) is 0 Å². The van der Waals surface area contributed by atoms with E-state index in [1.165, 1.54) is 56.3 Å². The summed E-state index contributed by atoms with van der Waals surface area (Å²) in [6.07, 6.45) is 13.5. The Labute approximate surface area is 226 Å². The van der Waals surface area contributed by atoms with Gasteiger partial charge in [0.25, 0.3) is 0 Å². The van der Waals surface area contributed by atoms with Crippen molar-refractivity contribution in [3.63, 3.8) is 0 Å². The number of esters is 1. The molecule has 5 heteroatoms. The van der Waals surface area contributed by atoms with Crippen molar-refractivity contribution in [2.24, 2.45) is 11.8 Å². The van der Waals surface area contributed by atoms with E-state index in [-0.39, 0.29) is 30.2 Å². The fraction of sp³-hybridized carbons (Fsp3) is 0.545. The van der Waals surface area contributed by atoms with Gasteiger partial charge in [-0.05, 0) is 28.7 Å². The van der Waals surface area contributed by atoms with E-state index in [2.05, 4.69) is 31.2 Å². The van der Waals surface area contributed by atoms with Gasteiger partial charge in [-0.2, -0.15) is 0 Å². The van der Waals surface area contributed by atoms with Gasteiger partial charge < -0.3 is 4.74 Å². The predicted octanol–water partition coefficient (Wildman–Crippen LogP) is 6.73. The number of carbonyl (C=O) groups is 3. The van der Waals surface area contributed by atoms with Crippen molar-refractivity contribution in [3.8, 4) is 0 Å². The molecule has 1 fully saturated rings. The fourth-order valence-corrected chi connectivity index (χ4v) is 7.02. The lowest BCUT2D eigenvalue weighted by molar-refractivity contribution is -0.153. The third-order valence-corrected chi connectivity index (χ3v) is 8.84. The second-order valence-electron chi connectivity index (χ2n) is 11.3. The Bertz CT molecular complexity index is 1040. The third kappa shape index (κ3) is 5.17. The van der Waals surface area contributed by atoms with Crippen LogP contribution in [0.25, 0.3) is 0 Å². The number of nitrogens with zero attached hydrogens (tertiary/aromatic N) is 1. The third-order valence-electron chi connectivity index (χ3n) is 8.84. The van der Waals surface area contributed by atoms with Crippen molar-refractivity contribution in [1.82, 2.24) is 4.90 Å². The molecule has 0 N–H and O–H groups in total. The highest BCUT2D eigenvalue weighted by atomic mass is 16.5. The maximum atomic E-state index is 13.6. The molecule has 0 saturated carbocycles. The summed E-state index contributed by atoms with van der Waals surface area (Å²) in [5.41, 5.74) is 4.55. The molecular weight excluding hydrogens is 474 g/mol. The second-order valence-corrected chi connectivity index (χ2v) is 11.3. The lowest BCUT2D eigenvalue weighted by atomic mass is 9.55. The van der Waals surface area contributed by atoms with Crippen LogP contribution in [-0.4, -0.2) is 35.8 Å². The van der Waals surface area contributed by atoms with Crippen molar-refractivity contribution in [2.45, 2.75) is 89.4 Å². The molecule has 6 rings (SSSR count). The van der Waals surface area contributed by atoms with Gasteiger partial charge >= 0.3 is 5.97 Å². The molecule has 0 spiro atoms. The summed E-state index contributed by atoms with van der Waals surface area (Å²) in [4.78, 5) is 40.9. The molecule has 1 heterocycles. The Morgan fingerprint density at radius 2 is 1.05 bits per heavy atom. The number of carbonyl (C=O) groups excluding carboxylic acids is 3. The van der Waals surface area contributed by atoms with Crippen LogP contribution >= 0.6 is 0 Å². The van der Waals surface area contributed by atoms with Gasteiger partial charge in [-0.25, -0.2) is 0 Å². The Balaban J connectivity index is 1.10. The van der Waals surface area contributed by atoms with Crippen molar-refractivity contribution in [3.05, 3.63) is 70.8 Å². The van der Waals surface area contributed by atoms with E-state index in [1.807, 2.05) is 24.3 Å². The van der Waals surface area contributed by atoms with Crippen LogP contribution in [0.5, 0.6) is 0 Å². The molecule has 2 aromatic rings. The number of amides is 2. The van der Waals surface area contributed by atoms with Gasteiger partial charge in [0.15, 0.2) is 0 Å². The van der Waals surface area contributed by atoms with Crippen molar-refractivity contribution >= 4 is 17.8 Å². The van der Waals surface area contributed by atoms with Crippen LogP contribution in [0.3, 0.4) is 0 Å². The normalized spacial score (nSPS) is 22.8. The molecule has 0 radical (unpaired) electrons. The molecule has 0 unspecified atom stereocenters. The largest absolute Gasteiger partial charge is 0.464 e. The summed E-state index contributed by atoms with van der Waals surface area (Å²) in [5, 5.41) is 0. The zero-order valence-corrected chi connectivity index (χ0v) is 22.7. The first-order chi connectivity index (χ1) is 18.6. The minimum atomic E-state index is -0.486. The number of likely N-dealkylation sites (tertiary alicyclic amines) is 1. The van der Waals surface area contributed by atoms with E-state index in [0.717, 1.165) is 41.5 Å². The highest BCUT2D eigenvalue weighted by Crippen LogP contribution is 2.60. The van der Waals surface area contributed by atoms with Gasteiger partial charge in [0.1, 0.15) is 6.54 Å². The molecule has 4 aliphatic rings. The van der Waals surface area contributed by atoms with Gasteiger partial charge in [0.05, 0.1) is 18.4 Å². The maximum Gasteiger partial charge on any atom is 0.326 e. The molecule has 202 valence electrons. The summed E-state index contributed by atoms with van der Waals surface area (Å²) >= 11 is 0. The number of benzene rings is 2. The first-order valence-corrected chi connectivity index (χ1v) is 14.8. The average Bonchev–Trinajstić information content (AvgIpc) is 3.19. The number of imide groups is 1. The molecular formula is C33H41NO4. The lowest BCUT2D eigenvalue weighted by Crippen LogP contribution is -2.41. The minimum absolute atomic E-state index is 0.147. The topological polar surface area (TPSA) is 63.7 Å². The van der Waals surface area contributed by atoms with Crippen molar-refractivity contribution < 1.29 is 19.1 Å². The summed E-state index contributed by atoms with van der Waals surface area (Å²) < 4.78 is 5.44. The summed E-state index contributed by atoms with van der Waals surface area (Å²) in [6.45, 7) is 2.31. The van der Waals surface area contributed by atoms with Crippen LogP contribution in [0.1, 0.15) is 112 Å². The zero-order valence-electron chi connectivity index (χ0n) is 22.7. The molecule has 2 atom stereocenters. The number of hydrogen-bond donors (Lipinski definition) is 0. The first kappa shape index (κ1) is 26.6. The van der Waals surface area contributed by atoms with Crippen LogP contribution in [0, 0.1) is 11.8 Å². The lowest BCUT2D eigenvalue weighted by Gasteiger charge is -2.45. The van der Waals surface area contributed by atoms with E-state index in [9.17, 15) is 14.4 Å². The predicted molar refractivity (Wildman–Crippen MR) is 148 cm³/mol. The number of rotatable bonds is 14. The second kappa shape index (κ2) is 12.3. The van der Waals surface area contributed by atoms with Crippen LogP contribution < -0.4 is 0 Å². The molecule has 38 heavy (non-hydrogen) atoms. The summed E-state index contributed by atoms with van der Waals surface area (Å²) in [7, 11) is 0. The number of hydrogen-bond acceptors (Lipinski definition) is 4. The molecule has 1 aliphatic heterocycles. The molecule has 5 nitrogen and oxygen atoms in total. The Morgan fingerprint density at radius 3 is 1.47 bits per heavy atom. The Hall–Kier alpha value is -2.95. The highest BCUT2D eigenvalue weighted by molar-refractivity contribution is 6.09. The quantitative estimate of drug-likeness (QED) is 0.159. The Morgan fingerprint density at radius 1 is 0.658 bits per heavy atom. The molecule has 2 bridgehead atoms. The van der Waals surface area contributed by atoms with Crippen LogP contribution in [-0.2, 0) is 19.1 Å². The van der Waals surface area contributed by atoms with Crippen molar-refractivity contribution in [2.75, 3.05) is 13.2 Å². The standard InChI is InChI=1S/C33H41NO4/c1-2-3-4-5-6-7-8-9-10-11-16-21-38-27(35)22-34-32(36)30-28-23-17-12-13-18-24(23)29(31(30)33(34)37)26-20-15-14-19-25(26)28/h12-15,17-20,28-31H,2-11,16,21-22H2,1H3/t28?,29?,30-,31-/m1/s1.